The molecule has 6 heteroatoms. The largest absolute Gasteiger partial charge is 0.338 e. The van der Waals surface area contributed by atoms with Gasteiger partial charge in [0.05, 0.1) is 16.6 Å². The van der Waals surface area contributed by atoms with Crippen LogP contribution in [0.25, 0.3) is 39.1 Å². The Hall–Kier alpha value is -4.32. The Morgan fingerprint density at radius 1 is 0.903 bits per heavy atom. The fourth-order valence-corrected chi connectivity index (χ4v) is 3.69. The number of para-hydroxylation sites is 2. The third kappa shape index (κ3) is 3.44. The molecule has 5 rings (SSSR count). The highest BCUT2D eigenvalue weighted by molar-refractivity contribution is 6.15. The van der Waals surface area contributed by atoms with Crippen LogP contribution >= 0.6 is 0 Å². The maximum atomic E-state index is 14.0. The van der Waals surface area contributed by atoms with Crippen molar-refractivity contribution in [3.8, 4) is 11.1 Å². The maximum Gasteiger partial charge on any atom is 0.260 e. The van der Waals surface area contributed by atoms with Gasteiger partial charge in [0, 0.05) is 16.5 Å². The molecule has 0 atom stereocenters. The van der Waals surface area contributed by atoms with E-state index < -0.39 is 17.2 Å². The Balaban J connectivity index is 1.67. The summed E-state index contributed by atoms with van der Waals surface area (Å²) in [4.78, 5) is 36.2. The van der Waals surface area contributed by atoms with Crippen molar-refractivity contribution < 1.29 is 9.18 Å². The summed E-state index contributed by atoms with van der Waals surface area (Å²) in [5.41, 5.74) is 2.57. The molecule has 0 spiro atoms. The zero-order chi connectivity index (χ0) is 21.4. The van der Waals surface area contributed by atoms with Crippen molar-refractivity contribution in [3.05, 3.63) is 106 Å². The van der Waals surface area contributed by atoms with E-state index in [4.69, 9.17) is 0 Å². The van der Waals surface area contributed by atoms with Crippen molar-refractivity contribution in [2.75, 3.05) is 0 Å². The number of nitrogens with one attached hydrogen (secondary N) is 2. The zero-order valence-corrected chi connectivity index (χ0v) is 16.2. The Kier molecular flexibility index (Phi) is 4.52. The van der Waals surface area contributed by atoms with Gasteiger partial charge in [-0.15, -0.1) is 0 Å². The van der Waals surface area contributed by atoms with Gasteiger partial charge in [-0.3, -0.25) is 9.59 Å². The van der Waals surface area contributed by atoms with E-state index in [0.717, 1.165) is 11.0 Å². The number of benzene rings is 3. The van der Waals surface area contributed by atoms with E-state index in [9.17, 15) is 14.0 Å². The fraction of sp³-hybridized carbons (Fsp3) is 0. The predicted octanol–water partition coefficient (Wildman–Crippen LogP) is 5.11. The van der Waals surface area contributed by atoms with Crippen LogP contribution in [0.15, 0.2) is 83.7 Å². The lowest BCUT2D eigenvalue weighted by Gasteiger charge is -2.11. The zero-order valence-electron chi connectivity index (χ0n) is 16.2. The maximum absolute atomic E-state index is 14.0. The van der Waals surface area contributed by atoms with E-state index in [1.165, 1.54) is 30.4 Å². The van der Waals surface area contributed by atoms with E-state index in [2.05, 4.69) is 15.0 Å². The number of rotatable bonds is 4. The molecule has 5 nitrogen and oxygen atoms in total. The number of imidazole rings is 1. The van der Waals surface area contributed by atoms with Gasteiger partial charge in [-0.2, -0.15) is 0 Å². The summed E-state index contributed by atoms with van der Waals surface area (Å²) >= 11 is 0. The number of hydrogen-bond acceptors (Lipinski definition) is 3. The summed E-state index contributed by atoms with van der Waals surface area (Å²) in [5, 5.41) is 0.464. The van der Waals surface area contributed by atoms with Crippen LogP contribution in [0.3, 0.4) is 0 Å². The molecule has 3 aromatic carbocycles. The first kappa shape index (κ1) is 18.7. The number of carbonyl (C=O) groups is 1. The quantitative estimate of drug-likeness (QED) is 0.320. The predicted molar refractivity (Wildman–Crippen MR) is 119 cm³/mol. The van der Waals surface area contributed by atoms with Gasteiger partial charge in [0.1, 0.15) is 11.6 Å². The minimum Gasteiger partial charge on any atom is -0.338 e. The van der Waals surface area contributed by atoms with Crippen LogP contribution in [0.1, 0.15) is 16.2 Å². The summed E-state index contributed by atoms with van der Waals surface area (Å²) in [6, 6.07) is 20.6. The molecule has 150 valence electrons. The van der Waals surface area contributed by atoms with Crippen LogP contribution in [0.4, 0.5) is 4.39 Å². The highest BCUT2D eigenvalue weighted by atomic mass is 19.1. The van der Waals surface area contributed by atoms with Gasteiger partial charge in [-0.1, -0.05) is 42.5 Å². The Morgan fingerprint density at radius 2 is 1.68 bits per heavy atom. The topological polar surface area (TPSA) is 78.6 Å². The number of halogens is 1. The summed E-state index contributed by atoms with van der Waals surface area (Å²) in [6.45, 7) is 0. The molecule has 0 aliphatic heterocycles. The number of aromatic amines is 2. The van der Waals surface area contributed by atoms with Gasteiger partial charge >= 0.3 is 0 Å². The molecule has 0 saturated heterocycles. The van der Waals surface area contributed by atoms with Gasteiger partial charge in [0.25, 0.3) is 5.56 Å². The summed E-state index contributed by atoms with van der Waals surface area (Å²) in [6.07, 6.45) is 2.84. The molecule has 5 aromatic rings. The minimum absolute atomic E-state index is 0.0448. The van der Waals surface area contributed by atoms with Crippen LogP contribution in [0.2, 0.25) is 0 Å². The third-order valence-corrected chi connectivity index (χ3v) is 5.09. The number of carbonyl (C=O) groups excluding carboxylic acids is 1. The average molecular weight is 409 g/mol. The molecule has 0 fully saturated rings. The lowest BCUT2D eigenvalue weighted by Crippen LogP contribution is -2.18. The van der Waals surface area contributed by atoms with Crippen LogP contribution in [0.5, 0.6) is 0 Å². The molecule has 0 aliphatic carbocycles. The van der Waals surface area contributed by atoms with Gasteiger partial charge in [-0.05, 0) is 48.0 Å². The first-order chi connectivity index (χ1) is 15.1. The van der Waals surface area contributed by atoms with Gasteiger partial charge < -0.3 is 9.97 Å². The van der Waals surface area contributed by atoms with E-state index >= 15 is 0 Å². The number of hydrogen-bond donors (Lipinski definition) is 2. The number of pyridine rings is 1. The van der Waals surface area contributed by atoms with Crippen molar-refractivity contribution in [1.82, 2.24) is 15.0 Å². The molecular weight excluding hydrogens is 393 g/mol. The van der Waals surface area contributed by atoms with Crippen molar-refractivity contribution in [2.45, 2.75) is 0 Å². The number of nitrogens with zero attached hydrogens (tertiary/aromatic N) is 1. The molecule has 0 saturated carbocycles. The number of aromatic nitrogens is 3. The van der Waals surface area contributed by atoms with E-state index in [0.29, 0.717) is 27.9 Å². The van der Waals surface area contributed by atoms with Crippen molar-refractivity contribution in [3.63, 3.8) is 0 Å². The van der Waals surface area contributed by atoms with Crippen LogP contribution in [0, 0.1) is 5.82 Å². The molecule has 2 aromatic heterocycles. The Labute approximate surface area is 175 Å². The molecule has 0 bridgehead atoms. The second-order valence-corrected chi connectivity index (χ2v) is 7.10. The molecule has 0 amide bonds. The molecule has 0 aliphatic rings. The standard InChI is InChI=1S/C25H16FN3O2/c26-16-10-11-18-17(14-16)23(15-6-2-1-3-7-15)24(25(31)29-18)21(30)12-13-22-27-19-8-4-5-9-20(19)28-22/h1-14H,(H,27,28)(H,29,31)/b13-12+. The SMILES string of the molecule is O=C(/C=C/c1nc2ccccc2[nH]1)c1c(-c2ccccc2)c2cc(F)ccc2[nH]c1=O. The number of allylic oxidation sites excluding steroid dienone is 1. The van der Waals surface area contributed by atoms with Crippen molar-refractivity contribution in [2.24, 2.45) is 0 Å². The minimum atomic E-state index is -0.530. The van der Waals surface area contributed by atoms with E-state index in [1.54, 1.807) is 24.3 Å². The van der Waals surface area contributed by atoms with Crippen LogP contribution < -0.4 is 5.56 Å². The molecular formula is C25H16FN3O2. The smallest absolute Gasteiger partial charge is 0.260 e. The van der Waals surface area contributed by atoms with Gasteiger partial charge in [-0.25, -0.2) is 9.37 Å². The molecule has 2 heterocycles. The Bertz CT molecular complexity index is 1500. The summed E-state index contributed by atoms with van der Waals surface area (Å²) in [5.74, 6) is -0.446. The fourth-order valence-electron chi connectivity index (χ4n) is 3.69. The van der Waals surface area contributed by atoms with Crippen LogP contribution in [-0.4, -0.2) is 20.7 Å². The monoisotopic (exact) mass is 409 g/mol. The third-order valence-electron chi connectivity index (χ3n) is 5.09. The van der Waals surface area contributed by atoms with Crippen molar-refractivity contribution in [1.29, 1.82) is 0 Å². The number of ketones is 1. The van der Waals surface area contributed by atoms with Crippen molar-refractivity contribution >= 4 is 33.8 Å². The molecule has 31 heavy (non-hydrogen) atoms. The average Bonchev–Trinajstić information content (AvgIpc) is 3.20. The first-order valence-electron chi connectivity index (χ1n) is 9.68. The van der Waals surface area contributed by atoms with Gasteiger partial charge in [0.2, 0.25) is 0 Å². The lowest BCUT2D eigenvalue weighted by molar-refractivity contribution is 0.104. The molecule has 0 radical (unpaired) electrons. The first-order valence-corrected chi connectivity index (χ1v) is 9.68. The Morgan fingerprint density at radius 3 is 2.48 bits per heavy atom. The molecule has 2 N–H and O–H groups in total. The molecule has 0 unspecified atom stereocenters. The summed E-state index contributed by atoms with van der Waals surface area (Å²) in [7, 11) is 0. The normalized spacial score (nSPS) is 11.5. The second-order valence-electron chi connectivity index (χ2n) is 7.10. The number of H-pyrrole nitrogens is 2. The number of fused-ring (bicyclic) bond motifs is 2. The highest BCUT2D eigenvalue weighted by Crippen LogP contribution is 2.30. The van der Waals surface area contributed by atoms with E-state index in [1.807, 2.05) is 30.3 Å². The highest BCUT2D eigenvalue weighted by Gasteiger charge is 2.19. The van der Waals surface area contributed by atoms with Gasteiger partial charge in [0.15, 0.2) is 5.78 Å². The van der Waals surface area contributed by atoms with Crippen LogP contribution in [-0.2, 0) is 0 Å². The van der Waals surface area contributed by atoms with E-state index in [-0.39, 0.29) is 5.56 Å². The summed E-state index contributed by atoms with van der Waals surface area (Å²) < 4.78 is 14.0. The lowest BCUT2D eigenvalue weighted by atomic mass is 9.94. The second kappa shape index (κ2) is 7.50.